The van der Waals surface area contributed by atoms with Gasteiger partial charge in [-0.1, -0.05) is 18.2 Å². The maximum absolute atomic E-state index is 12.1. The smallest absolute Gasteiger partial charge is 0.412 e. The highest BCUT2D eigenvalue weighted by Crippen LogP contribution is 2.43. The summed E-state index contributed by atoms with van der Waals surface area (Å²) in [5.41, 5.74) is 1.41. The quantitative estimate of drug-likeness (QED) is 0.779. The largest absolute Gasteiger partial charge is 0.447 e. The summed E-state index contributed by atoms with van der Waals surface area (Å²) in [5.74, 6) is 0. The van der Waals surface area contributed by atoms with E-state index >= 15 is 0 Å². The van der Waals surface area contributed by atoms with E-state index in [4.69, 9.17) is 14.2 Å². The van der Waals surface area contributed by atoms with E-state index in [1.807, 2.05) is 18.2 Å². The molecule has 0 radical (unpaired) electrons. The van der Waals surface area contributed by atoms with Crippen LogP contribution < -0.4 is 5.32 Å². The summed E-state index contributed by atoms with van der Waals surface area (Å²) >= 11 is 0. The number of fused-ring (bicyclic) bond motifs is 2. The molecule has 2 saturated heterocycles. The standard InChI is InChI=1S/C21H29N3O5/c1-27-14-15-28-20(26)24-10-6-16(7-11-24)23-12-8-21(9-13-23)17-4-2-3-5-18(17)22-19(25)29-21/h2-5,16H,6-15H2,1H3,(H,22,25). The van der Waals surface area contributed by atoms with Crippen LogP contribution in [0, 0.1) is 0 Å². The molecule has 0 bridgehead atoms. The number of rotatable bonds is 4. The summed E-state index contributed by atoms with van der Waals surface area (Å²) < 4.78 is 15.9. The minimum absolute atomic E-state index is 0.253. The lowest BCUT2D eigenvalue weighted by molar-refractivity contribution is -0.0505. The number of para-hydroxylation sites is 1. The maximum atomic E-state index is 12.1. The Balaban J connectivity index is 1.31. The van der Waals surface area contributed by atoms with E-state index in [0.29, 0.717) is 32.3 Å². The second-order valence-corrected chi connectivity index (χ2v) is 7.92. The minimum atomic E-state index is -0.527. The molecule has 158 valence electrons. The van der Waals surface area contributed by atoms with Crippen molar-refractivity contribution in [1.82, 2.24) is 9.80 Å². The van der Waals surface area contributed by atoms with E-state index in [1.165, 1.54) is 0 Å². The number of anilines is 1. The number of ether oxygens (including phenoxy) is 3. The zero-order valence-corrected chi connectivity index (χ0v) is 16.9. The molecule has 3 aliphatic rings. The molecule has 1 aromatic carbocycles. The third-order valence-electron chi connectivity index (χ3n) is 6.30. The highest BCUT2D eigenvalue weighted by atomic mass is 16.6. The van der Waals surface area contributed by atoms with E-state index in [9.17, 15) is 9.59 Å². The van der Waals surface area contributed by atoms with Crippen molar-refractivity contribution in [3.8, 4) is 0 Å². The number of likely N-dealkylation sites (tertiary alicyclic amines) is 2. The molecule has 3 heterocycles. The molecule has 1 N–H and O–H groups in total. The van der Waals surface area contributed by atoms with E-state index < -0.39 is 5.60 Å². The summed E-state index contributed by atoms with van der Waals surface area (Å²) in [4.78, 5) is 28.4. The van der Waals surface area contributed by atoms with Crippen molar-refractivity contribution in [2.75, 3.05) is 51.8 Å². The van der Waals surface area contributed by atoms with Gasteiger partial charge in [-0.2, -0.15) is 0 Å². The molecule has 0 saturated carbocycles. The van der Waals surface area contributed by atoms with Crippen molar-refractivity contribution < 1.29 is 23.8 Å². The maximum Gasteiger partial charge on any atom is 0.412 e. The van der Waals surface area contributed by atoms with Gasteiger partial charge in [-0.15, -0.1) is 0 Å². The Morgan fingerprint density at radius 1 is 1.17 bits per heavy atom. The van der Waals surface area contributed by atoms with Gasteiger partial charge in [0.15, 0.2) is 0 Å². The average molecular weight is 403 g/mol. The van der Waals surface area contributed by atoms with E-state index in [-0.39, 0.29) is 12.2 Å². The molecule has 0 unspecified atom stereocenters. The lowest BCUT2D eigenvalue weighted by atomic mass is 9.81. The molecular weight excluding hydrogens is 374 g/mol. The summed E-state index contributed by atoms with van der Waals surface area (Å²) in [6.45, 7) is 3.88. The number of piperidine rings is 2. The monoisotopic (exact) mass is 403 g/mol. The van der Waals surface area contributed by atoms with Crippen LogP contribution in [0.2, 0.25) is 0 Å². The van der Waals surface area contributed by atoms with Crippen LogP contribution in [0.3, 0.4) is 0 Å². The Hall–Kier alpha value is -2.32. The van der Waals surface area contributed by atoms with Gasteiger partial charge in [0, 0.05) is 57.7 Å². The molecule has 0 atom stereocenters. The molecular formula is C21H29N3O5. The van der Waals surface area contributed by atoms with Crippen molar-refractivity contribution in [2.24, 2.45) is 0 Å². The minimum Gasteiger partial charge on any atom is -0.447 e. The molecule has 3 aliphatic heterocycles. The molecule has 1 aromatic rings. The number of carbonyl (C=O) groups excluding carboxylic acids is 2. The highest BCUT2D eigenvalue weighted by molar-refractivity contribution is 5.88. The second kappa shape index (κ2) is 8.59. The van der Waals surface area contributed by atoms with Gasteiger partial charge in [0.05, 0.1) is 12.3 Å². The SMILES string of the molecule is COCCOC(=O)N1CCC(N2CCC3(CC2)OC(=O)Nc2ccccc23)CC1. The summed E-state index contributed by atoms with van der Waals surface area (Å²) in [6, 6.07) is 8.36. The summed E-state index contributed by atoms with van der Waals surface area (Å²) in [7, 11) is 1.59. The average Bonchev–Trinajstić information content (AvgIpc) is 2.74. The van der Waals surface area contributed by atoms with Crippen molar-refractivity contribution in [1.29, 1.82) is 0 Å². The van der Waals surface area contributed by atoms with Crippen molar-refractivity contribution in [3.05, 3.63) is 29.8 Å². The number of benzene rings is 1. The van der Waals surface area contributed by atoms with Gasteiger partial charge in [-0.3, -0.25) is 10.2 Å². The summed E-state index contributed by atoms with van der Waals surface area (Å²) in [5, 5.41) is 2.81. The number of nitrogens with zero attached hydrogens (tertiary/aromatic N) is 2. The lowest BCUT2D eigenvalue weighted by Crippen LogP contribution is -2.53. The van der Waals surface area contributed by atoms with Crippen LogP contribution in [0.5, 0.6) is 0 Å². The zero-order valence-electron chi connectivity index (χ0n) is 16.9. The number of amides is 2. The van der Waals surface area contributed by atoms with E-state index in [0.717, 1.165) is 50.0 Å². The Morgan fingerprint density at radius 3 is 2.62 bits per heavy atom. The Morgan fingerprint density at radius 2 is 1.90 bits per heavy atom. The molecule has 0 aliphatic carbocycles. The van der Waals surface area contributed by atoms with Gasteiger partial charge in [-0.05, 0) is 18.9 Å². The molecule has 2 amide bonds. The highest BCUT2D eigenvalue weighted by Gasteiger charge is 2.45. The number of nitrogens with one attached hydrogen (secondary N) is 1. The fraction of sp³-hybridized carbons (Fsp3) is 0.619. The fourth-order valence-electron chi connectivity index (χ4n) is 4.70. The number of hydrogen-bond donors (Lipinski definition) is 1. The molecule has 4 rings (SSSR count). The number of carbonyl (C=O) groups is 2. The third-order valence-corrected chi connectivity index (χ3v) is 6.30. The van der Waals surface area contributed by atoms with E-state index in [1.54, 1.807) is 12.0 Å². The van der Waals surface area contributed by atoms with Crippen LogP contribution in [-0.4, -0.2) is 74.5 Å². The third kappa shape index (κ3) is 4.18. The first-order valence-electron chi connectivity index (χ1n) is 10.4. The van der Waals surface area contributed by atoms with E-state index in [2.05, 4.69) is 16.3 Å². The Labute approximate surface area is 171 Å². The lowest BCUT2D eigenvalue weighted by Gasteiger charge is -2.47. The van der Waals surface area contributed by atoms with Crippen molar-refractivity contribution in [3.63, 3.8) is 0 Å². The first-order chi connectivity index (χ1) is 14.1. The number of hydrogen-bond acceptors (Lipinski definition) is 6. The van der Waals surface area contributed by atoms with Crippen molar-refractivity contribution in [2.45, 2.75) is 37.3 Å². The van der Waals surface area contributed by atoms with Gasteiger partial charge in [-0.25, -0.2) is 9.59 Å². The predicted octanol–water partition coefficient (Wildman–Crippen LogP) is 2.79. The van der Waals surface area contributed by atoms with Crippen LogP contribution >= 0.6 is 0 Å². The Kier molecular flexibility index (Phi) is 5.91. The van der Waals surface area contributed by atoms with Gasteiger partial charge >= 0.3 is 12.2 Å². The Bertz CT molecular complexity index is 740. The zero-order chi connectivity index (χ0) is 20.3. The van der Waals surface area contributed by atoms with Crippen LogP contribution in [0.15, 0.2) is 24.3 Å². The van der Waals surface area contributed by atoms with Crippen molar-refractivity contribution >= 4 is 17.9 Å². The predicted molar refractivity (Wildman–Crippen MR) is 107 cm³/mol. The van der Waals surface area contributed by atoms with Crippen LogP contribution in [-0.2, 0) is 19.8 Å². The van der Waals surface area contributed by atoms with Crippen LogP contribution in [0.25, 0.3) is 0 Å². The first-order valence-corrected chi connectivity index (χ1v) is 10.4. The second-order valence-electron chi connectivity index (χ2n) is 7.92. The van der Waals surface area contributed by atoms with Gasteiger partial charge in [0.2, 0.25) is 0 Å². The number of methoxy groups -OCH3 is 1. The van der Waals surface area contributed by atoms with Crippen LogP contribution in [0.4, 0.5) is 15.3 Å². The summed E-state index contributed by atoms with van der Waals surface area (Å²) in [6.07, 6.45) is 2.83. The molecule has 8 nitrogen and oxygen atoms in total. The molecule has 2 fully saturated rings. The molecule has 1 spiro atoms. The van der Waals surface area contributed by atoms with Gasteiger partial charge in [0.25, 0.3) is 0 Å². The van der Waals surface area contributed by atoms with Gasteiger partial charge < -0.3 is 19.1 Å². The van der Waals surface area contributed by atoms with Gasteiger partial charge in [0.1, 0.15) is 12.2 Å². The van der Waals surface area contributed by atoms with Crippen LogP contribution in [0.1, 0.15) is 31.2 Å². The topological polar surface area (TPSA) is 80.3 Å². The normalized spacial score (nSPS) is 22.0. The molecule has 29 heavy (non-hydrogen) atoms. The fourth-order valence-corrected chi connectivity index (χ4v) is 4.70. The first kappa shape index (κ1) is 20.0. The molecule has 0 aromatic heterocycles. The molecule has 8 heteroatoms.